The Labute approximate surface area is 151 Å². The minimum Gasteiger partial charge on any atom is -0.350 e. The number of carbonyl (C=O) groups excluding carboxylic acids is 1. The zero-order valence-electron chi connectivity index (χ0n) is 13.3. The second kappa shape index (κ2) is 7.49. The average molecular weight is 379 g/mol. The average Bonchev–Trinajstić information content (AvgIpc) is 2.97. The highest BCUT2D eigenvalue weighted by atomic mass is 35.5. The van der Waals surface area contributed by atoms with Gasteiger partial charge in [-0.3, -0.25) is 4.79 Å². The van der Waals surface area contributed by atoms with E-state index in [1.165, 1.54) is 53.4 Å². The molecule has 0 saturated carbocycles. The van der Waals surface area contributed by atoms with Gasteiger partial charge in [0.15, 0.2) is 0 Å². The summed E-state index contributed by atoms with van der Waals surface area (Å²) in [7, 11) is 0. The van der Waals surface area contributed by atoms with Crippen molar-refractivity contribution < 1.29 is 13.6 Å². The molecule has 1 heterocycles. The lowest BCUT2D eigenvalue weighted by atomic mass is 10.2. The van der Waals surface area contributed by atoms with Crippen LogP contribution in [0, 0.1) is 11.6 Å². The SMILES string of the molecule is O=C(Cn1ncn(-c2ccc(F)cc2)c1=O)NCc1ccc(F)c(Cl)c1. The predicted octanol–water partition coefficient (Wildman–Crippen LogP) is 2.28. The van der Waals surface area contributed by atoms with Gasteiger partial charge in [0.1, 0.15) is 24.5 Å². The number of nitrogens with one attached hydrogen (secondary N) is 1. The van der Waals surface area contributed by atoms with Crippen LogP contribution in [-0.2, 0) is 17.9 Å². The molecule has 26 heavy (non-hydrogen) atoms. The van der Waals surface area contributed by atoms with E-state index in [2.05, 4.69) is 10.4 Å². The standard InChI is InChI=1S/C17H13ClF2N4O2/c18-14-7-11(1-6-15(14)20)8-21-16(25)9-24-17(26)23(10-22-24)13-4-2-12(19)3-5-13/h1-7,10H,8-9H2,(H,21,25). The number of carbonyl (C=O) groups is 1. The predicted molar refractivity (Wildman–Crippen MR) is 91.0 cm³/mol. The van der Waals surface area contributed by atoms with Crippen LogP contribution in [0.25, 0.3) is 5.69 Å². The van der Waals surface area contributed by atoms with Crippen molar-refractivity contribution in [1.82, 2.24) is 19.7 Å². The number of hydrogen-bond donors (Lipinski definition) is 1. The highest BCUT2D eigenvalue weighted by Crippen LogP contribution is 2.15. The molecule has 134 valence electrons. The van der Waals surface area contributed by atoms with Crippen LogP contribution >= 0.6 is 11.6 Å². The highest BCUT2D eigenvalue weighted by Gasteiger charge is 2.11. The first-order valence-corrected chi connectivity index (χ1v) is 7.93. The topological polar surface area (TPSA) is 68.9 Å². The number of hydrogen-bond acceptors (Lipinski definition) is 3. The molecule has 6 nitrogen and oxygen atoms in total. The fourth-order valence-corrected chi connectivity index (χ4v) is 2.47. The molecule has 0 aliphatic heterocycles. The Morgan fingerprint density at radius 2 is 1.88 bits per heavy atom. The summed E-state index contributed by atoms with van der Waals surface area (Å²) >= 11 is 5.68. The molecular formula is C17H13ClF2N4O2. The lowest BCUT2D eigenvalue weighted by Gasteiger charge is -2.06. The second-order valence-electron chi connectivity index (χ2n) is 5.44. The first-order chi connectivity index (χ1) is 12.4. The van der Waals surface area contributed by atoms with Crippen LogP contribution in [0.5, 0.6) is 0 Å². The maximum atomic E-state index is 13.1. The maximum Gasteiger partial charge on any atom is 0.350 e. The largest absolute Gasteiger partial charge is 0.350 e. The fraction of sp³-hybridized carbons (Fsp3) is 0.118. The van der Waals surface area contributed by atoms with E-state index in [1.807, 2.05) is 0 Å². The monoisotopic (exact) mass is 378 g/mol. The van der Waals surface area contributed by atoms with E-state index in [9.17, 15) is 18.4 Å². The van der Waals surface area contributed by atoms with Gasteiger partial charge in [-0.1, -0.05) is 17.7 Å². The third-order valence-electron chi connectivity index (χ3n) is 3.61. The van der Waals surface area contributed by atoms with E-state index >= 15 is 0 Å². The molecule has 0 radical (unpaired) electrons. The number of aromatic nitrogens is 3. The summed E-state index contributed by atoms with van der Waals surface area (Å²) in [5.74, 6) is -1.41. The summed E-state index contributed by atoms with van der Waals surface area (Å²) in [6.07, 6.45) is 1.25. The van der Waals surface area contributed by atoms with Crippen LogP contribution in [0.2, 0.25) is 5.02 Å². The molecule has 0 fully saturated rings. The summed E-state index contributed by atoms with van der Waals surface area (Å²) in [4.78, 5) is 24.3. The van der Waals surface area contributed by atoms with Crippen LogP contribution in [0.1, 0.15) is 5.56 Å². The van der Waals surface area contributed by atoms with Gasteiger partial charge in [0.25, 0.3) is 0 Å². The van der Waals surface area contributed by atoms with Crippen LogP contribution in [0.15, 0.2) is 53.6 Å². The Morgan fingerprint density at radius 1 is 1.15 bits per heavy atom. The molecule has 2 aromatic carbocycles. The Bertz CT molecular complexity index is 999. The van der Waals surface area contributed by atoms with Gasteiger partial charge in [-0.05, 0) is 42.0 Å². The van der Waals surface area contributed by atoms with Gasteiger partial charge < -0.3 is 5.32 Å². The van der Waals surface area contributed by atoms with Crippen LogP contribution in [0.3, 0.4) is 0 Å². The molecular weight excluding hydrogens is 366 g/mol. The van der Waals surface area contributed by atoms with Gasteiger partial charge in [-0.25, -0.2) is 22.8 Å². The Kier molecular flexibility index (Phi) is 5.13. The molecule has 3 aromatic rings. The molecule has 1 aromatic heterocycles. The lowest BCUT2D eigenvalue weighted by Crippen LogP contribution is -2.33. The molecule has 0 bridgehead atoms. The highest BCUT2D eigenvalue weighted by molar-refractivity contribution is 6.30. The molecule has 1 N–H and O–H groups in total. The summed E-state index contributed by atoms with van der Waals surface area (Å²) in [6.45, 7) is -0.159. The van der Waals surface area contributed by atoms with E-state index in [0.717, 1.165) is 4.68 Å². The first kappa shape index (κ1) is 17.8. The summed E-state index contributed by atoms with van der Waals surface area (Å²) < 4.78 is 28.3. The third-order valence-corrected chi connectivity index (χ3v) is 3.89. The van der Waals surface area contributed by atoms with Crippen molar-refractivity contribution in [1.29, 1.82) is 0 Å². The van der Waals surface area contributed by atoms with Gasteiger partial charge in [0, 0.05) is 6.54 Å². The third kappa shape index (κ3) is 3.97. The van der Waals surface area contributed by atoms with Gasteiger partial charge in [0.2, 0.25) is 5.91 Å². The summed E-state index contributed by atoms with van der Waals surface area (Å²) in [5.41, 5.74) is 0.523. The van der Waals surface area contributed by atoms with E-state index in [1.54, 1.807) is 0 Å². The molecule has 0 saturated heterocycles. The zero-order valence-corrected chi connectivity index (χ0v) is 14.1. The Hall–Kier alpha value is -3.00. The molecule has 0 atom stereocenters. The van der Waals surface area contributed by atoms with Crippen molar-refractivity contribution >= 4 is 17.5 Å². The van der Waals surface area contributed by atoms with Crippen molar-refractivity contribution in [3.63, 3.8) is 0 Å². The number of amides is 1. The van der Waals surface area contributed by atoms with Gasteiger partial charge in [0.05, 0.1) is 10.7 Å². The minimum atomic E-state index is -0.542. The molecule has 1 amide bonds. The molecule has 0 aliphatic carbocycles. The number of benzene rings is 2. The normalized spacial score (nSPS) is 10.7. The van der Waals surface area contributed by atoms with Crippen molar-refractivity contribution in [3.05, 3.63) is 81.5 Å². The minimum absolute atomic E-state index is 0.0361. The first-order valence-electron chi connectivity index (χ1n) is 7.55. The molecule has 0 unspecified atom stereocenters. The summed E-state index contributed by atoms with van der Waals surface area (Å²) in [5, 5.41) is 6.44. The van der Waals surface area contributed by atoms with Crippen LogP contribution < -0.4 is 11.0 Å². The molecule has 9 heteroatoms. The van der Waals surface area contributed by atoms with E-state index in [0.29, 0.717) is 11.3 Å². The van der Waals surface area contributed by atoms with E-state index < -0.39 is 23.2 Å². The van der Waals surface area contributed by atoms with Gasteiger partial charge in [-0.2, -0.15) is 5.10 Å². The maximum absolute atomic E-state index is 13.1. The van der Waals surface area contributed by atoms with Crippen LogP contribution in [-0.4, -0.2) is 20.3 Å². The van der Waals surface area contributed by atoms with E-state index in [4.69, 9.17) is 11.6 Å². The van der Waals surface area contributed by atoms with Crippen molar-refractivity contribution in [2.75, 3.05) is 0 Å². The zero-order chi connectivity index (χ0) is 18.7. The number of nitrogens with zero attached hydrogens (tertiary/aromatic N) is 3. The molecule has 3 rings (SSSR count). The second-order valence-corrected chi connectivity index (χ2v) is 5.85. The van der Waals surface area contributed by atoms with E-state index in [-0.39, 0.29) is 18.1 Å². The lowest BCUT2D eigenvalue weighted by molar-refractivity contribution is -0.122. The smallest absolute Gasteiger partial charge is 0.350 e. The van der Waals surface area contributed by atoms with Crippen LogP contribution in [0.4, 0.5) is 8.78 Å². The molecule has 0 aliphatic rings. The Balaban J connectivity index is 1.65. The fourth-order valence-electron chi connectivity index (χ4n) is 2.27. The quantitative estimate of drug-likeness (QED) is 0.740. The number of halogens is 3. The number of rotatable bonds is 5. The molecule has 0 spiro atoms. The Morgan fingerprint density at radius 3 is 2.58 bits per heavy atom. The van der Waals surface area contributed by atoms with Crippen molar-refractivity contribution in [2.24, 2.45) is 0 Å². The van der Waals surface area contributed by atoms with Gasteiger partial charge in [-0.15, -0.1) is 0 Å². The van der Waals surface area contributed by atoms with Crippen molar-refractivity contribution in [2.45, 2.75) is 13.1 Å². The van der Waals surface area contributed by atoms with Gasteiger partial charge >= 0.3 is 5.69 Å². The van der Waals surface area contributed by atoms with Crippen molar-refractivity contribution in [3.8, 4) is 5.69 Å². The summed E-state index contributed by atoms with van der Waals surface area (Å²) in [6, 6.07) is 9.42.